The molecule has 0 radical (unpaired) electrons. The second kappa shape index (κ2) is 10.6. The van der Waals surface area contributed by atoms with Crippen LogP contribution in [0, 0.1) is 0 Å². The highest BCUT2D eigenvalue weighted by molar-refractivity contribution is 5.84. The van der Waals surface area contributed by atoms with Crippen LogP contribution in [0.25, 0.3) is 0 Å². The number of nitrogens with zero attached hydrogens (tertiary/aromatic N) is 2. The van der Waals surface area contributed by atoms with Crippen LogP contribution in [0.15, 0.2) is 27.8 Å². The highest BCUT2D eigenvalue weighted by atomic mass is 19.4. The summed E-state index contributed by atoms with van der Waals surface area (Å²) in [6, 6.07) is 3.64. The van der Waals surface area contributed by atoms with Crippen molar-refractivity contribution in [3.63, 3.8) is 0 Å². The molecule has 1 amide bonds. The summed E-state index contributed by atoms with van der Waals surface area (Å²) in [4.78, 5) is 17.2. The van der Waals surface area contributed by atoms with E-state index in [9.17, 15) is 18.0 Å². The normalized spacial score (nSPS) is 12.1. The molecule has 0 aliphatic carbocycles. The first-order valence-corrected chi connectivity index (χ1v) is 8.09. The van der Waals surface area contributed by atoms with Crippen LogP contribution >= 0.6 is 0 Å². The first-order valence-electron chi connectivity index (χ1n) is 8.09. The number of rotatable bonds is 9. The van der Waals surface area contributed by atoms with Gasteiger partial charge in [-0.05, 0) is 25.0 Å². The molecule has 1 aromatic rings. The minimum Gasteiger partial charge on any atom is -0.469 e. The monoisotopic (exact) mass is 362 g/mol. The smallest absolute Gasteiger partial charge is 0.389 e. The van der Waals surface area contributed by atoms with Crippen molar-refractivity contribution >= 4 is 11.9 Å². The number of carbonyl (C=O) groups excluding carboxylic acids is 1. The van der Waals surface area contributed by atoms with Crippen molar-refractivity contribution in [1.29, 1.82) is 0 Å². The second-order valence-electron chi connectivity index (χ2n) is 5.71. The van der Waals surface area contributed by atoms with Crippen LogP contribution in [0.3, 0.4) is 0 Å². The van der Waals surface area contributed by atoms with Gasteiger partial charge in [0, 0.05) is 40.0 Å². The number of furan rings is 1. The summed E-state index contributed by atoms with van der Waals surface area (Å²) < 4.78 is 41.6. The van der Waals surface area contributed by atoms with E-state index in [2.05, 4.69) is 15.6 Å². The lowest BCUT2D eigenvalue weighted by atomic mass is 10.2. The van der Waals surface area contributed by atoms with Crippen molar-refractivity contribution in [2.75, 3.05) is 33.7 Å². The first kappa shape index (κ1) is 20.9. The van der Waals surface area contributed by atoms with E-state index in [1.54, 1.807) is 26.4 Å². The maximum Gasteiger partial charge on any atom is 0.389 e. The molecule has 2 N–H and O–H groups in total. The van der Waals surface area contributed by atoms with E-state index in [1.165, 1.54) is 4.90 Å². The molecule has 0 saturated heterocycles. The average molecular weight is 362 g/mol. The average Bonchev–Trinajstić information content (AvgIpc) is 3.03. The lowest BCUT2D eigenvalue weighted by molar-refractivity contribution is -0.135. The van der Waals surface area contributed by atoms with Crippen molar-refractivity contribution in [2.45, 2.75) is 31.9 Å². The van der Waals surface area contributed by atoms with Gasteiger partial charge in [0.25, 0.3) is 0 Å². The number of unbranched alkanes of at least 4 members (excludes halogenated alkanes) is 1. The van der Waals surface area contributed by atoms with Crippen LogP contribution < -0.4 is 10.6 Å². The number of carbonyl (C=O) groups is 1. The van der Waals surface area contributed by atoms with Gasteiger partial charge in [0.15, 0.2) is 5.96 Å². The maximum absolute atomic E-state index is 12.1. The largest absolute Gasteiger partial charge is 0.469 e. The SMILES string of the molecule is CN(C)C(=O)CN=C(NCCCCC(F)(F)F)NCCc1ccco1. The van der Waals surface area contributed by atoms with Gasteiger partial charge in [-0.2, -0.15) is 13.2 Å². The molecule has 0 fully saturated rings. The highest BCUT2D eigenvalue weighted by Gasteiger charge is 2.25. The number of hydrogen-bond acceptors (Lipinski definition) is 3. The Bertz CT molecular complexity index is 528. The summed E-state index contributed by atoms with van der Waals surface area (Å²) in [6.07, 6.45) is -2.31. The number of guanidine groups is 1. The summed E-state index contributed by atoms with van der Waals surface area (Å²) in [5.74, 6) is 1.04. The molecular weight excluding hydrogens is 337 g/mol. The maximum atomic E-state index is 12.1. The van der Waals surface area contributed by atoms with Crippen molar-refractivity contribution in [2.24, 2.45) is 4.99 Å². The fourth-order valence-corrected chi connectivity index (χ4v) is 1.88. The molecule has 1 aromatic heterocycles. The van der Waals surface area contributed by atoms with E-state index in [0.717, 1.165) is 5.76 Å². The molecule has 0 aliphatic heterocycles. The molecule has 1 rings (SSSR count). The summed E-state index contributed by atoms with van der Waals surface area (Å²) in [5, 5.41) is 6.00. The topological polar surface area (TPSA) is 69.9 Å². The molecule has 0 spiro atoms. The summed E-state index contributed by atoms with van der Waals surface area (Å²) >= 11 is 0. The van der Waals surface area contributed by atoms with Crippen molar-refractivity contribution in [3.05, 3.63) is 24.2 Å². The van der Waals surface area contributed by atoms with E-state index in [0.29, 0.717) is 31.9 Å². The first-order chi connectivity index (χ1) is 11.8. The zero-order valence-corrected chi connectivity index (χ0v) is 14.5. The van der Waals surface area contributed by atoms with Crippen molar-refractivity contribution < 1.29 is 22.4 Å². The Balaban J connectivity index is 2.40. The van der Waals surface area contributed by atoms with Crippen LogP contribution in [0.2, 0.25) is 0 Å². The van der Waals surface area contributed by atoms with Crippen LogP contribution in [-0.2, 0) is 11.2 Å². The van der Waals surface area contributed by atoms with Gasteiger partial charge in [0.1, 0.15) is 12.3 Å². The van der Waals surface area contributed by atoms with Crippen molar-refractivity contribution in [1.82, 2.24) is 15.5 Å². The quantitative estimate of drug-likeness (QED) is 0.401. The fraction of sp³-hybridized carbons (Fsp3) is 0.625. The molecule has 0 aliphatic rings. The molecule has 1 heterocycles. The lowest BCUT2D eigenvalue weighted by Gasteiger charge is -2.13. The Kier molecular flexibility index (Phi) is 8.87. The van der Waals surface area contributed by atoms with E-state index in [1.807, 2.05) is 6.07 Å². The Morgan fingerprint density at radius 3 is 2.56 bits per heavy atom. The molecule has 0 atom stereocenters. The van der Waals surface area contributed by atoms with Gasteiger partial charge < -0.3 is 20.0 Å². The molecular formula is C16H25F3N4O2. The number of halogens is 3. The van der Waals surface area contributed by atoms with Gasteiger partial charge in [0.2, 0.25) is 5.91 Å². The minimum absolute atomic E-state index is 0.0361. The summed E-state index contributed by atoms with van der Waals surface area (Å²) in [5.41, 5.74) is 0. The number of likely N-dealkylation sites (N-methyl/N-ethyl adjacent to an activating group) is 1. The Labute approximate surface area is 145 Å². The number of hydrogen-bond donors (Lipinski definition) is 2. The van der Waals surface area contributed by atoms with Crippen molar-refractivity contribution in [3.8, 4) is 0 Å². The van der Waals surface area contributed by atoms with Gasteiger partial charge in [-0.3, -0.25) is 4.79 Å². The third-order valence-electron chi connectivity index (χ3n) is 3.29. The molecule has 6 nitrogen and oxygen atoms in total. The minimum atomic E-state index is -4.13. The number of nitrogens with one attached hydrogen (secondary N) is 2. The van der Waals surface area contributed by atoms with Crippen LogP contribution in [0.1, 0.15) is 25.0 Å². The second-order valence-corrected chi connectivity index (χ2v) is 5.71. The van der Waals surface area contributed by atoms with Crippen LogP contribution in [-0.4, -0.2) is 56.7 Å². The van der Waals surface area contributed by atoms with E-state index in [4.69, 9.17) is 4.42 Å². The van der Waals surface area contributed by atoms with Gasteiger partial charge in [-0.1, -0.05) is 0 Å². The number of alkyl halides is 3. The fourth-order valence-electron chi connectivity index (χ4n) is 1.88. The number of aliphatic imine (C=N–C) groups is 1. The van der Waals surface area contributed by atoms with Gasteiger partial charge in [-0.15, -0.1) is 0 Å². The summed E-state index contributed by atoms with van der Waals surface area (Å²) in [6.45, 7) is 0.836. The molecule has 9 heteroatoms. The van der Waals surface area contributed by atoms with Crippen LogP contribution in [0.5, 0.6) is 0 Å². The Morgan fingerprint density at radius 2 is 1.96 bits per heavy atom. The zero-order chi connectivity index (χ0) is 18.7. The third-order valence-corrected chi connectivity index (χ3v) is 3.29. The highest BCUT2D eigenvalue weighted by Crippen LogP contribution is 2.21. The lowest BCUT2D eigenvalue weighted by Crippen LogP contribution is -2.40. The molecule has 25 heavy (non-hydrogen) atoms. The molecule has 0 unspecified atom stereocenters. The molecule has 0 saturated carbocycles. The van der Waals surface area contributed by atoms with Gasteiger partial charge in [0.05, 0.1) is 6.26 Å². The van der Waals surface area contributed by atoms with E-state index >= 15 is 0 Å². The van der Waals surface area contributed by atoms with E-state index in [-0.39, 0.29) is 18.9 Å². The van der Waals surface area contributed by atoms with E-state index < -0.39 is 12.6 Å². The molecule has 142 valence electrons. The summed E-state index contributed by atoms with van der Waals surface area (Å²) in [7, 11) is 3.26. The predicted molar refractivity (Wildman–Crippen MR) is 89.3 cm³/mol. The number of amides is 1. The predicted octanol–water partition coefficient (Wildman–Crippen LogP) is 2.18. The zero-order valence-electron chi connectivity index (χ0n) is 14.5. The third kappa shape index (κ3) is 10.3. The molecule has 0 aromatic carbocycles. The van der Waals surface area contributed by atoms with Gasteiger partial charge >= 0.3 is 6.18 Å². The molecule has 0 bridgehead atoms. The standard InChI is InChI=1S/C16H25F3N4O2/c1-23(2)14(24)12-22-15(20-9-4-3-8-16(17,18)19)21-10-7-13-6-5-11-25-13/h5-6,11H,3-4,7-10,12H2,1-2H3,(H2,20,21,22). The Morgan fingerprint density at radius 1 is 1.24 bits per heavy atom. The Hall–Kier alpha value is -2.19. The van der Waals surface area contributed by atoms with Gasteiger partial charge in [-0.25, -0.2) is 4.99 Å². The van der Waals surface area contributed by atoms with Crippen LogP contribution in [0.4, 0.5) is 13.2 Å².